The molecule has 3 amide bonds. The molecule has 3 aliphatic heterocycles. The summed E-state index contributed by atoms with van der Waals surface area (Å²) in [6.07, 6.45) is -0.863. The second-order valence-corrected chi connectivity index (χ2v) is 6.19. The Kier molecular flexibility index (Phi) is 3.71. The van der Waals surface area contributed by atoms with Crippen LogP contribution in [0.4, 0.5) is 0 Å². The lowest BCUT2D eigenvalue weighted by Crippen LogP contribution is -2.45. The summed E-state index contributed by atoms with van der Waals surface area (Å²) in [7, 11) is 0. The number of amides is 3. The highest BCUT2D eigenvalue weighted by molar-refractivity contribution is 6.02. The molecule has 1 aromatic rings. The van der Waals surface area contributed by atoms with Gasteiger partial charge in [0, 0.05) is 24.8 Å². The fourth-order valence-corrected chi connectivity index (χ4v) is 3.37. The van der Waals surface area contributed by atoms with Gasteiger partial charge in [-0.15, -0.1) is 5.06 Å². The average Bonchev–Trinajstić information content (AvgIpc) is 3.26. The topological polar surface area (TPSA) is 110 Å². The molecular formula is C17H14N2O7. The zero-order valence-electron chi connectivity index (χ0n) is 13.5. The predicted molar refractivity (Wildman–Crippen MR) is 81.6 cm³/mol. The summed E-state index contributed by atoms with van der Waals surface area (Å²) in [5.41, 5.74) is 0.813. The number of cyclic esters (lactones) is 1. The molecule has 0 saturated carbocycles. The van der Waals surface area contributed by atoms with Gasteiger partial charge in [-0.3, -0.25) is 19.3 Å². The number of esters is 1. The highest BCUT2D eigenvalue weighted by Gasteiger charge is 2.48. The van der Waals surface area contributed by atoms with Crippen molar-refractivity contribution in [3.63, 3.8) is 0 Å². The Bertz CT molecular complexity index is 833. The number of benzene rings is 1. The first-order chi connectivity index (χ1) is 12.5. The third-order valence-electron chi connectivity index (χ3n) is 4.63. The van der Waals surface area contributed by atoms with Gasteiger partial charge in [-0.2, -0.15) is 0 Å². The summed E-state index contributed by atoms with van der Waals surface area (Å²) < 4.78 is 5.29. The summed E-state index contributed by atoms with van der Waals surface area (Å²) in [5, 5.41) is 0.442. The quantitative estimate of drug-likeness (QED) is 0.570. The van der Waals surface area contributed by atoms with Gasteiger partial charge in [0.2, 0.25) is 12.1 Å². The molecule has 9 heteroatoms. The van der Waals surface area contributed by atoms with Crippen LogP contribution in [-0.4, -0.2) is 45.7 Å². The van der Waals surface area contributed by atoms with E-state index in [9.17, 15) is 24.0 Å². The van der Waals surface area contributed by atoms with Crippen LogP contribution in [0.25, 0.3) is 0 Å². The normalized spacial score (nSPS) is 24.9. The fraction of sp³-hybridized carbons (Fsp3) is 0.353. The molecule has 26 heavy (non-hydrogen) atoms. The fourth-order valence-electron chi connectivity index (χ4n) is 3.37. The molecule has 0 radical (unpaired) electrons. The first kappa shape index (κ1) is 16.2. The third-order valence-corrected chi connectivity index (χ3v) is 4.63. The lowest BCUT2D eigenvalue weighted by Gasteiger charge is -2.29. The van der Waals surface area contributed by atoms with Gasteiger partial charge >= 0.3 is 11.9 Å². The molecule has 134 valence electrons. The molecule has 3 aliphatic rings. The second-order valence-electron chi connectivity index (χ2n) is 6.19. The zero-order chi connectivity index (χ0) is 18.4. The van der Waals surface area contributed by atoms with E-state index in [2.05, 4.69) is 0 Å². The number of carbonyl (C=O) groups excluding carboxylic acids is 5. The molecule has 0 aliphatic carbocycles. The average molecular weight is 358 g/mol. The van der Waals surface area contributed by atoms with Gasteiger partial charge in [0.15, 0.2) is 0 Å². The standard InChI is InChI=1S/C17H14N2O7/c20-12-6-5-11(17(24)26-19-13(21)7-8-14(19)22)18(12)15-9-3-1-2-4-10(9)16(23)25-15/h1-4,11,15H,5-8H2/t11-,15?/m0/s1. The van der Waals surface area contributed by atoms with Gasteiger partial charge in [0.1, 0.15) is 6.04 Å². The number of imide groups is 1. The van der Waals surface area contributed by atoms with Crippen LogP contribution in [-0.2, 0) is 28.8 Å². The van der Waals surface area contributed by atoms with Crippen molar-refractivity contribution in [2.45, 2.75) is 38.0 Å². The van der Waals surface area contributed by atoms with Gasteiger partial charge in [-0.25, -0.2) is 9.59 Å². The maximum absolute atomic E-state index is 12.5. The largest absolute Gasteiger partial charge is 0.433 e. The lowest BCUT2D eigenvalue weighted by atomic mass is 10.1. The number of rotatable bonds is 3. The smallest absolute Gasteiger partial charge is 0.355 e. The Morgan fingerprint density at radius 1 is 1.00 bits per heavy atom. The van der Waals surface area contributed by atoms with Gasteiger partial charge in [0.05, 0.1) is 5.56 Å². The second kappa shape index (κ2) is 5.94. The van der Waals surface area contributed by atoms with Gasteiger partial charge < -0.3 is 9.57 Å². The van der Waals surface area contributed by atoms with E-state index in [-0.39, 0.29) is 31.6 Å². The summed E-state index contributed by atoms with van der Waals surface area (Å²) in [6, 6.07) is 5.54. The molecular weight excluding hydrogens is 344 g/mol. The number of hydroxylamine groups is 2. The zero-order valence-corrected chi connectivity index (χ0v) is 13.5. The van der Waals surface area contributed by atoms with Crippen LogP contribution >= 0.6 is 0 Å². The molecule has 0 N–H and O–H groups in total. The van der Waals surface area contributed by atoms with E-state index in [0.29, 0.717) is 16.2 Å². The number of likely N-dealkylation sites (tertiary alicyclic amines) is 1. The molecule has 2 fully saturated rings. The van der Waals surface area contributed by atoms with E-state index >= 15 is 0 Å². The van der Waals surface area contributed by atoms with E-state index in [1.165, 1.54) is 0 Å². The van der Waals surface area contributed by atoms with Crippen molar-refractivity contribution in [2.24, 2.45) is 0 Å². The molecule has 1 unspecified atom stereocenters. The molecule has 4 rings (SSSR count). The number of carbonyl (C=O) groups is 5. The van der Waals surface area contributed by atoms with E-state index in [0.717, 1.165) is 4.90 Å². The van der Waals surface area contributed by atoms with Crippen molar-refractivity contribution in [1.82, 2.24) is 9.96 Å². The van der Waals surface area contributed by atoms with Crippen LogP contribution in [0.5, 0.6) is 0 Å². The maximum Gasteiger partial charge on any atom is 0.355 e. The van der Waals surface area contributed by atoms with Crippen molar-refractivity contribution < 1.29 is 33.5 Å². The van der Waals surface area contributed by atoms with Gasteiger partial charge in [0.25, 0.3) is 11.8 Å². The Morgan fingerprint density at radius 2 is 1.69 bits per heavy atom. The maximum atomic E-state index is 12.5. The number of ether oxygens (including phenoxy) is 1. The number of fused-ring (bicyclic) bond motifs is 1. The summed E-state index contributed by atoms with van der Waals surface area (Å²) in [4.78, 5) is 66.2. The molecule has 2 saturated heterocycles. The highest BCUT2D eigenvalue weighted by atomic mass is 16.7. The van der Waals surface area contributed by atoms with Crippen molar-refractivity contribution in [1.29, 1.82) is 0 Å². The first-order valence-corrected chi connectivity index (χ1v) is 8.16. The van der Waals surface area contributed by atoms with Crippen LogP contribution in [0.2, 0.25) is 0 Å². The number of nitrogens with zero attached hydrogens (tertiary/aromatic N) is 2. The summed E-state index contributed by atoms with van der Waals surface area (Å²) >= 11 is 0. The van der Waals surface area contributed by atoms with Gasteiger partial charge in [-0.05, 0) is 12.5 Å². The van der Waals surface area contributed by atoms with Crippen LogP contribution in [0.15, 0.2) is 24.3 Å². The van der Waals surface area contributed by atoms with Crippen molar-refractivity contribution >= 4 is 29.7 Å². The third kappa shape index (κ3) is 2.43. The first-order valence-electron chi connectivity index (χ1n) is 8.16. The van der Waals surface area contributed by atoms with E-state index in [4.69, 9.17) is 9.57 Å². The van der Waals surface area contributed by atoms with Crippen LogP contribution in [0.1, 0.15) is 47.8 Å². The monoisotopic (exact) mass is 358 g/mol. The van der Waals surface area contributed by atoms with E-state index in [1.807, 2.05) is 0 Å². The Labute approximate surface area is 147 Å². The molecule has 1 aromatic carbocycles. The van der Waals surface area contributed by atoms with Crippen LogP contribution in [0, 0.1) is 0 Å². The summed E-state index contributed by atoms with van der Waals surface area (Å²) in [5.74, 6) is -3.06. The molecule has 9 nitrogen and oxygen atoms in total. The van der Waals surface area contributed by atoms with E-state index in [1.54, 1.807) is 24.3 Å². The van der Waals surface area contributed by atoms with E-state index < -0.39 is 36.0 Å². The predicted octanol–water partition coefficient (Wildman–Crippen LogP) is 0.454. The van der Waals surface area contributed by atoms with Crippen LogP contribution < -0.4 is 0 Å². The molecule has 0 aromatic heterocycles. The van der Waals surface area contributed by atoms with Crippen LogP contribution in [0.3, 0.4) is 0 Å². The SMILES string of the molecule is O=C1OC(N2C(=O)CC[C@H]2C(=O)ON2C(=O)CCC2=O)c2ccccc21. The number of hydrogen-bond donors (Lipinski definition) is 0. The highest BCUT2D eigenvalue weighted by Crippen LogP contribution is 2.38. The molecule has 0 spiro atoms. The Hall–Kier alpha value is -3.23. The minimum atomic E-state index is -1.05. The van der Waals surface area contributed by atoms with Crippen molar-refractivity contribution in [2.75, 3.05) is 0 Å². The molecule has 2 atom stereocenters. The minimum Gasteiger partial charge on any atom is -0.433 e. The Balaban J connectivity index is 1.59. The van der Waals surface area contributed by atoms with Gasteiger partial charge in [-0.1, -0.05) is 18.2 Å². The molecule has 0 bridgehead atoms. The van der Waals surface area contributed by atoms with Crippen molar-refractivity contribution in [3.8, 4) is 0 Å². The number of hydrogen-bond acceptors (Lipinski definition) is 7. The van der Waals surface area contributed by atoms with Crippen molar-refractivity contribution in [3.05, 3.63) is 35.4 Å². The lowest BCUT2D eigenvalue weighted by molar-refractivity contribution is -0.202. The Morgan fingerprint density at radius 3 is 2.42 bits per heavy atom. The minimum absolute atomic E-state index is 0.0208. The molecule has 3 heterocycles. The summed E-state index contributed by atoms with van der Waals surface area (Å²) in [6.45, 7) is 0.